The summed E-state index contributed by atoms with van der Waals surface area (Å²) in [5.74, 6) is 0.0689. The minimum Gasteiger partial charge on any atom is -0.447 e. The summed E-state index contributed by atoms with van der Waals surface area (Å²) >= 11 is 0. The molecule has 2 heterocycles. The van der Waals surface area contributed by atoms with Gasteiger partial charge in [-0.3, -0.25) is 0 Å². The zero-order valence-corrected chi connectivity index (χ0v) is 9.76. The fraction of sp³-hybridized carbons (Fsp3) is 0.909. The van der Waals surface area contributed by atoms with Crippen molar-refractivity contribution in [3.8, 4) is 0 Å². The van der Waals surface area contributed by atoms with Crippen LogP contribution in [0.5, 0.6) is 0 Å². The van der Waals surface area contributed by atoms with Gasteiger partial charge in [-0.25, -0.2) is 4.79 Å². The summed E-state index contributed by atoms with van der Waals surface area (Å²) < 4.78 is 10.5. The molecule has 0 radical (unpaired) electrons. The highest BCUT2D eigenvalue weighted by Gasteiger charge is 2.41. The second-order valence-corrected chi connectivity index (χ2v) is 4.89. The van der Waals surface area contributed by atoms with E-state index in [9.17, 15) is 9.90 Å². The molecule has 16 heavy (non-hydrogen) atoms. The Kier molecular flexibility index (Phi) is 3.35. The molecule has 2 rings (SSSR count). The molecule has 2 bridgehead atoms. The number of nitrogens with zero attached hydrogens (tertiary/aromatic N) is 1. The molecule has 0 unspecified atom stereocenters. The van der Waals surface area contributed by atoms with E-state index >= 15 is 0 Å². The largest absolute Gasteiger partial charge is 0.447 e. The van der Waals surface area contributed by atoms with Gasteiger partial charge >= 0.3 is 6.09 Å². The van der Waals surface area contributed by atoms with Gasteiger partial charge in [0.15, 0.2) is 0 Å². The second-order valence-electron chi connectivity index (χ2n) is 4.89. The Morgan fingerprint density at radius 1 is 1.38 bits per heavy atom. The maximum atomic E-state index is 11.7. The van der Waals surface area contributed by atoms with Crippen molar-refractivity contribution < 1.29 is 19.4 Å². The first-order chi connectivity index (χ1) is 7.58. The van der Waals surface area contributed by atoms with Gasteiger partial charge in [0.05, 0.1) is 25.4 Å². The van der Waals surface area contributed by atoms with Crippen molar-refractivity contribution in [3.63, 3.8) is 0 Å². The number of likely N-dealkylation sites (tertiary alicyclic amines) is 1. The lowest BCUT2D eigenvalue weighted by Crippen LogP contribution is -2.57. The number of fused-ring (bicyclic) bond motifs is 2. The molecule has 0 saturated carbocycles. The molecule has 2 saturated heterocycles. The number of piperidine rings is 1. The number of aliphatic hydroxyl groups is 1. The molecule has 0 aromatic rings. The molecule has 0 aromatic heterocycles. The molecular weight excluding hydrogens is 210 g/mol. The van der Waals surface area contributed by atoms with Gasteiger partial charge in [0.2, 0.25) is 0 Å². The Hall–Kier alpha value is -0.810. The second kappa shape index (κ2) is 4.59. The Bertz CT molecular complexity index is 255. The van der Waals surface area contributed by atoms with E-state index in [4.69, 9.17) is 9.47 Å². The molecule has 1 amide bonds. The predicted octanol–water partition coefficient (Wildman–Crippen LogP) is 0.470. The van der Waals surface area contributed by atoms with Gasteiger partial charge < -0.3 is 19.5 Å². The Labute approximate surface area is 95.3 Å². The van der Waals surface area contributed by atoms with Gasteiger partial charge in [0, 0.05) is 24.9 Å². The summed E-state index contributed by atoms with van der Waals surface area (Å²) in [5, 5.41) is 9.91. The summed E-state index contributed by atoms with van der Waals surface area (Å²) in [6.07, 6.45) is -0.717. The normalized spacial score (nSPS) is 34.0. The molecule has 2 aliphatic rings. The average Bonchev–Trinajstić information content (AvgIpc) is 2.15. The highest BCUT2D eigenvalue weighted by atomic mass is 16.6. The van der Waals surface area contributed by atoms with E-state index < -0.39 is 0 Å². The quantitative estimate of drug-likeness (QED) is 0.710. The lowest BCUT2D eigenvalue weighted by Gasteiger charge is -2.44. The third-order valence-corrected chi connectivity index (χ3v) is 3.13. The van der Waals surface area contributed by atoms with Crippen LogP contribution in [0.25, 0.3) is 0 Å². The molecule has 0 spiro atoms. The fourth-order valence-electron chi connectivity index (χ4n) is 2.34. The van der Waals surface area contributed by atoms with Crippen LogP contribution in [-0.4, -0.2) is 54.6 Å². The Morgan fingerprint density at radius 2 is 1.94 bits per heavy atom. The first kappa shape index (κ1) is 11.7. The molecule has 5 heteroatoms. The molecule has 2 fully saturated rings. The molecule has 2 atom stereocenters. The van der Waals surface area contributed by atoms with E-state index in [1.54, 1.807) is 4.90 Å². The van der Waals surface area contributed by atoms with Crippen molar-refractivity contribution in [2.45, 2.75) is 26.1 Å². The van der Waals surface area contributed by atoms with Crippen molar-refractivity contribution in [3.05, 3.63) is 0 Å². The third kappa shape index (κ3) is 2.30. The molecular formula is C11H19NO4. The minimum atomic E-state index is -0.336. The number of carbonyl (C=O) groups is 1. The van der Waals surface area contributed by atoms with E-state index in [1.807, 2.05) is 13.8 Å². The number of carbonyl (C=O) groups excluding carboxylic acids is 1. The number of hydrogen-bond donors (Lipinski definition) is 1. The molecule has 92 valence electrons. The molecule has 1 N–H and O–H groups in total. The van der Waals surface area contributed by atoms with Gasteiger partial charge in [0.25, 0.3) is 0 Å². The van der Waals surface area contributed by atoms with Crippen LogP contribution in [0.4, 0.5) is 4.79 Å². The zero-order chi connectivity index (χ0) is 11.7. The van der Waals surface area contributed by atoms with Crippen LogP contribution in [0.2, 0.25) is 0 Å². The van der Waals surface area contributed by atoms with Crippen LogP contribution >= 0.6 is 0 Å². The van der Waals surface area contributed by atoms with Crippen molar-refractivity contribution in [1.82, 2.24) is 4.90 Å². The fourth-order valence-corrected chi connectivity index (χ4v) is 2.34. The summed E-state index contributed by atoms with van der Waals surface area (Å²) in [4.78, 5) is 13.4. The highest BCUT2D eigenvalue weighted by Crippen LogP contribution is 2.27. The minimum absolute atomic E-state index is 0.0345. The van der Waals surface area contributed by atoms with Gasteiger partial charge in [-0.15, -0.1) is 0 Å². The number of amides is 1. The lowest BCUT2D eigenvalue weighted by atomic mass is 9.85. The average molecular weight is 229 g/mol. The number of ether oxygens (including phenoxy) is 2. The van der Waals surface area contributed by atoms with Crippen LogP contribution in [0.15, 0.2) is 0 Å². The SMILES string of the molecule is CC(C)OC(=O)N1C[C@H]2COC[C@H](C1)C2O. The van der Waals surface area contributed by atoms with E-state index in [0.29, 0.717) is 26.3 Å². The standard InChI is InChI=1S/C11H19NO4/c1-7(2)16-11(14)12-3-8-5-15-6-9(4-12)10(8)13/h7-10,13H,3-6H2,1-2H3/t8-,9-/m0/s1. The lowest BCUT2D eigenvalue weighted by molar-refractivity contribution is -0.119. The first-order valence-electron chi connectivity index (χ1n) is 5.79. The topological polar surface area (TPSA) is 59.0 Å². The van der Waals surface area contributed by atoms with Crippen molar-refractivity contribution >= 4 is 6.09 Å². The van der Waals surface area contributed by atoms with Gasteiger partial charge in [-0.1, -0.05) is 0 Å². The van der Waals surface area contributed by atoms with Crippen LogP contribution in [0.1, 0.15) is 13.8 Å². The van der Waals surface area contributed by atoms with Crippen molar-refractivity contribution in [2.24, 2.45) is 11.8 Å². The maximum absolute atomic E-state index is 11.7. The summed E-state index contributed by atoms with van der Waals surface area (Å²) in [7, 11) is 0. The van der Waals surface area contributed by atoms with Crippen LogP contribution in [0, 0.1) is 11.8 Å². The third-order valence-electron chi connectivity index (χ3n) is 3.13. The van der Waals surface area contributed by atoms with Gasteiger partial charge in [-0.2, -0.15) is 0 Å². The Morgan fingerprint density at radius 3 is 2.44 bits per heavy atom. The highest BCUT2D eigenvalue weighted by molar-refractivity contribution is 5.68. The first-order valence-corrected chi connectivity index (χ1v) is 5.79. The molecule has 5 nitrogen and oxygen atoms in total. The number of hydrogen-bond acceptors (Lipinski definition) is 4. The maximum Gasteiger partial charge on any atom is 0.410 e. The monoisotopic (exact) mass is 229 g/mol. The van der Waals surface area contributed by atoms with Crippen LogP contribution < -0.4 is 0 Å². The van der Waals surface area contributed by atoms with Gasteiger partial charge in [-0.05, 0) is 13.8 Å². The molecule has 2 aliphatic heterocycles. The van der Waals surface area contributed by atoms with Crippen molar-refractivity contribution in [1.29, 1.82) is 0 Å². The number of rotatable bonds is 1. The summed E-state index contributed by atoms with van der Waals surface area (Å²) in [6, 6.07) is 0. The van der Waals surface area contributed by atoms with Crippen molar-refractivity contribution in [2.75, 3.05) is 26.3 Å². The van der Waals surface area contributed by atoms with Crippen LogP contribution in [-0.2, 0) is 9.47 Å². The number of aliphatic hydroxyl groups excluding tert-OH is 1. The van der Waals surface area contributed by atoms with E-state index in [1.165, 1.54) is 0 Å². The summed E-state index contributed by atoms with van der Waals surface area (Å²) in [6.45, 7) is 5.79. The summed E-state index contributed by atoms with van der Waals surface area (Å²) in [5.41, 5.74) is 0. The smallest absolute Gasteiger partial charge is 0.410 e. The Balaban J connectivity index is 1.96. The molecule has 0 aromatic carbocycles. The predicted molar refractivity (Wildman–Crippen MR) is 57.0 cm³/mol. The van der Waals surface area contributed by atoms with E-state index in [-0.39, 0.29) is 30.1 Å². The zero-order valence-electron chi connectivity index (χ0n) is 9.76. The van der Waals surface area contributed by atoms with Gasteiger partial charge in [0.1, 0.15) is 0 Å². The van der Waals surface area contributed by atoms with E-state index in [2.05, 4.69) is 0 Å². The van der Waals surface area contributed by atoms with Crippen LogP contribution in [0.3, 0.4) is 0 Å². The van der Waals surface area contributed by atoms with E-state index in [0.717, 1.165) is 0 Å². The molecule has 0 aliphatic carbocycles.